The second kappa shape index (κ2) is 5.06. The molecule has 1 fully saturated rings. The van der Waals surface area contributed by atoms with Gasteiger partial charge in [0.15, 0.2) is 0 Å². The fourth-order valence-corrected chi connectivity index (χ4v) is 2.78. The Morgan fingerprint density at radius 2 is 2.21 bits per heavy atom. The summed E-state index contributed by atoms with van der Waals surface area (Å²) in [4.78, 5) is 11.5. The number of amides is 1. The van der Waals surface area contributed by atoms with Crippen molar-refractivity contribution >= 4 is 17.7 Å². The van der Waals surface area contributed by atoms with E-state index in [1.807, 2.05) is 11.8 Å². The highest BCUT2D eigenvalue weighted by atomic mass is 32.2. The van der Waals surface area contributed by atoms with Gasteiger partial charge < -0.3 is 5.32 Å². The van der Waals surface area contributed by atoms with Crippen molar-refractivity contribution in [2.24, 2.45) is 5.41 Å². The fraction of sp³-hybridized carbons (Fsp3) is 0.909. The zero-order chi connectivity index (χ0) is 10.6. The number of thioether (sulfide) groups is 1. The molecule has 0 aliphatic carbocycles. The molecule has 1 amide bonds. The molecule has 0 bridgehead atoms. The smallest absolute Gasteiger partial charge is 0.220 e. The Bertz CT molecular complexity index is 192. The van der Waals surface area contributed by atoms with Gasteiger partial charge in [-0.15, -0.1) is 0 Å². The van der Waals surface area contributed by atoms with Gasteiger partial charge in [-0.05, 0) is 24.0 Å². The van der Waals surface area contributed by atoms with Crippen LogP contribution >= 0.6 is 11.8 Å². The van der Waals surface area contributed by atoms with E-state index in [9.17, 15) is 4.79 Å². The maximum atomic E-state index is 11.5. The van der Waals surface area contributed by atoms with E-state index >= 15 is 0 Å². The summed E-state index contributed by atoms with van der Waals surface area (Å²) in [5, 5.41) is 3.69. The monoisotopic (exact) mass is 215 g/mol. The highest BCUT2D eigenvalue weighted by molar-refractivity contribution is 8.00. The predicted octanol–water partition coefficient (Wildman–Crippen LogP) is 2.43. The molecule has 1 aliphatic heterocycles. The van der Waals surface area contributed by atoms with Crippen LogP contribution in [-0.2, 0) is 4.79 Å². The van der Waals surface area contributed by atoms with E-state index in [0.717, 1.165) is 6.54 Å². The lowest BCUT2D eigenvalue weighted by molar-refractivity contribution is -0.122. The Balaban J connectivity index is 2.14. The molecule has 0 radical (unpaired) electrons. The van der Waals surface area contributed by atoms with Crippen LogP contribution in [-0.4, -0.2) is 23.5 Å². The van der Waals surface area contributed by atoms with E-state index in [1.54, 1.807) is 0 Å². The maximum Gasteiger partial charge on any atom is 0.220 e. The molecule has 1 aliphatic rings. The second-order valence-electron chi connectivity index (χ2n) is 5.18. The molecule has 2 nitrogen and oxygen atoms in total. The van der Waals surface area contributed by atoms with Crippen LogP contribution in [0.2, 0.25) is 0 Å². The molecular weight excluding hydrogens is 194 g/mol. The number of hydrogen-bond donors (Lipinski definition) is 1. The van der Waals surface area contributed by atoms with E-state index < -0.39 is 0 Å². The molecule has 1 rings (SSSR count). The van der Waals surface area contributed by atoms with Crippen molar-refractivity contribution in [2.45, 2.75) is 45.3 Å². The molecule has 14 heavy (non-hydrogen) atoms. The van der Waals surface area contributed by atoms with Crippen LogP contribution in [0.3, 0.4) is 0 Å². The molecule has 0 aromatic heterocycles. The number of carbonyl (C=O) groups is 1. The standard InChI is InChI=1S/C11H21NOS/c1-11(2,3)7-10(13)12-8-9-5-4-6-14-9/h9H,4-8H2,1-3H3,(H,12,13)/t9-/m1/s1. The minimum absolute atomic E-state index is 0.104. The van der Waals surface area contributed by atoms with Crippen LogP contribution in [0.4, 0.5) is 0 Å². The highest BCUT2D eigenvalue weighted by Crippen LogP contribution is 2.25. The lowest BCUT2D eigenvalue weighted by Gasteiger charge is -2.18. The first-order valence-electron chi connectivity index (χ1n) is 5.36. The van der Waals surface area contributed by atoms with Gasteiger partial charge in [-0.25, -0.2) is 0 Å². The summed E-state index contributed by atoms with van der Waals surface area (Å²) in [5.74, 6) is 1.46. The Morgan fingerprint density at radius 1 is 1.50 bits per heavy atom. The Labute approximate surface area is 91.2 Å². The normalized spacial score (nSPS) is 22.4. The largest absolute Gasteiger partial charge is 0.355 e. The van der Waals surface area contributed by atoms with Gasteiger partial charge in [0, 0.05) is 18.2 Å². The van der Waals surface area contributed by atoms with Crippen LogP contribution in [0.1, 0.15) is 40.0 Å². The zero-order valence-corrected chi connectivity index (χ0v) is 10.2. The van der Waals surface area contributed by atoms with Crippen LogP contribution in [0.25, 0.3) is 0 Å². The molecule has 0 spiro atoms. The Kier molecular flexibility index (Phi) is 4.30. The van der Waals surface area contributed by atoms with Gasteiger partial charge in [0.05, 0.1) is 0 Å². The quantitative estimate of drug-likeness (QED) is 0.783. The van der Waals surface area contributed by atoms with Gasteiger partial charge in [0.1, 0.15) is 0 Å². The predicted molar refractivity (Wildman–Crippen MR) is 62.6 cm³/mol. The lowest BCUT2D eigenvalue weighted by atomic mass is 9.92. The summed E-state index contributed by atoms with van der Waals surface area (Å²) >= 11 is 1.99. The zero-order valence-electron chi connectivity index (χ0n) is 9.43. The SMILES string of the molecule is CC(C)(C)CC(=O)NC[C@H]1CCCS1. The molecule has 0 saturated carbocycles. The average Bonchev–Trinajstić information content (AvgIpc) is 2.49. The fourth-order valence-electron chi connectivity index (χ4n) is 1.58. The van der Waals surface area contributed by atoms with E-state index in [0.29, 0.717) is 11.7 Å². The van der Waals surface area contributed by atoms with Gasteiger partial charge in [0.2, 0.25) is 5.91 Å². The van der Waals surface area contributed by atoms with Crippen LogP contribution in [0.5, 0.6) is 0 Å². The van der Waals surface area contributed by atoms with E-state index in [4.69, 9.17) is 0 Å². The van der Waals surface area contributed by atoms with Gasteiger partial charge in [-0.3, -0.25) is 4.79 Å². The van der Waals surface area contributed by atoms with Crippen molar-refractivity contribution in [3.05, 3.63) is 0 Å². The minimum Gasteiger partial charge on any atom is -0.355 e. The summed E-state index contributed by atoms with van der Waals surface area (Å²) in [5.41, 5.74) is 0.104. The molecule has 0 aromatic rings. The Morgan fingerprint density at radius 3 is 2.71 bits per heavy atom. The molecule has 1 heterocycles. The summed E-state index contributed by atoms with van der Waals surface area (Å²) in [6.45, 7) is 7.14. The Hall–Kier alpha value is -0.180. The van der Waals surface area contributed by atoms with Gasteiger partial charge >= 0.3 is 0 Å². The summed E-state index contributed by atoms with van der Waals surface area (Å²) in [6, 6.07) is 0. The van der Waals surface area contributed by atoms with Crippen LogP contribution in [0.15, 0.2) is 0 Å². The molecule has 0 aromatic carbocycles. The minimum atomic E-state index is 0.104. The van der Waals surface area contributed by atoms with Gasteiger partial charge in [-0.1, -0.05) is 20.8 Å². The average molecular weight is 215 g/mol. The molecule has 1 N–H and O–H groups in total. The van der Waals surface area contributed by atoms with E-state index in [1.165, 1.54) is 18.6 Å². The van der Waals surface area contributed by atoms with Crippen molar-refractivity contribution < 1.29 is 4.79 Å². The molecule has 0 unspecified atom stereocenters. The summed E-state index contributed by atoms with van der Waals surface area (Å²) in [7, 11) is 0. The van der Waals surface area contributed by atoms with Crippen molar-refractivity contribution in [2.75, 3.05) is 12.3 Å². The van der Waals surface area contributed by atoms with Gasteiger partial charge in [-0.2, -0.15) is 11.8 Å². The lowest BCUT2D eigenvalue weighted by Crippen LogP contribution is -2.32. The van der Waals surface area contributed by atoms with Crippen LogP contribution in [0, 0.1) is 5.41 Å². The van der Waals surface area contributed by atoms with E-state index in [2.05, 4.69) is 26.1 Å². The number of carbonyl (C=O) groups excluding carboxylic acids is 1. The molecular formula is C11H21NOS. The van der Waals surface area contributed by atoms with Crippen molar-refractivity contribution in [1.29, 1.82) is 0 Å². The number of rotatable bonds is 3. The second-order valence-corrected chi connectivity index (χ2v) is 6.58. The number of hydrogen-bond acceptors (Lipinski definition) is 2. The molecule has 3 heteroatoms. The topological polar surface area (TPSA) is 29.1 Å². The molecule has 82 valence electrons. The van der Waals surface area contributed by atoms with E-state index in [-0.39, 0.29) is 11.3 Å². The summed E-state index contributed by atoms with van der Waals surface area (Å²) < 4.78 is 0. The van der Waals surface area contributed by atoms with Gasteiger partial charge in [0.25, 0.3) is 0 Å². The molecule has 1 atom stereocenters. The van der Waals surface area contributed by atoms with Crippen molar-refractivity contribution in [1.82, 2.24) is 5.32 Å². The highest BCUT2D eigenvalue weighted by Gasteiger charge is 2.19. The summed E-state index contributed by atoms with van der Waals surface area (Å²) in [6.07, 6.45) is 3.20. The first kappa shape index (κ1) is 11.9. The van der Waals surface area contributed by atoms with Crippen LogP contribution < -0.4 is 5.32 Å². The number of nitrogens with one attached hydrogen (secondary N) is 1. The third kappa shape index (κ3) is 4.89. The third-order valence-corrected chi connectivity index (χ3v) is 3.64. The van der Waals surface area contributed by atoms with Crippen molar-refractivity contribution in [3.63, 3.8) is 0 Å². The van der Waals surface area contributed by atoms with Crippen molar-refractivity contribution in [3.8, 4) is 0 Å². The molecule has 1 saturated heterocycles. The first-order valence-corrected chi connectivity index (χ1v) is 6.40. The maximum absolute atomic E-state index is 11.5. The first-order chi connectivity index (χ1) is 6.47. The third-order valence-electron chi connectivity index (χ3n) is 2.24.